The van der Waals surface area contributed by atoms with Crippen molar-refractivity contribution >= 4 is 11.9 Å². The molecule has 0 saturated heterocycles. The maximum atomic E-state index is 12.0. The van der Waals surface area contributed by atoms with E-state index in [0.29, 0.717) is 19.0 Å². The summed E-state index contributed by atoms with van der Waals surface area (Å²) in [6.07, 6.45) is 0. The molecular formula is C20H26N4O3. The highest BCUT2D eigenvalue weighted by Gasteiger charge is 2.06. The molecule has 2 rings (SSSR count). The lowest BCUT2D eigenvalue weighted by molar-refractivity contribution is -0.120. The van der Waals surface area contributed by atoms with Crippen LogP contribution in [0.1, 0.15) is 11.1 Å². The van der Waals surface area contributed by atoms with Gasteiger partial charge in [-0.2, -0.15) is 0 Å². The van der Waals surface area contributed by atoms with E-state index in [4.69, 9.17) is 9.47 Å². The second kappa shape index (κ2) is 10.7. The maximum absolute atomic E-state index is 12.0. The van der Waals surface area contributed by atoms with E-state index in [-0.39, 0.29) is 12.5 Å². The zero-order valence-corrected chi connectivity index (χ0v) is 15.9. The number of rotatable bonds is 8. The molecular weight excluding hydrogens is 344 g/mol. The lowest BCUT2D eigenvalue weighted by atomic mass is 10.2. The van der Waals surface area contributed by atoms with Crippen LogP contribution in [-0.4, -0.2) is 39.7 Å². The largest absolute Gasteiger partial charge is 0.497 e. The van der Waals surface area contributed by atoms with Gasteiger partial charge in [0.05, 0.1) is 20.8 Å². The van der Waals surface area contributed by atoms with Crippen molar-refractivity contribution in [1.29, 1.82) is 0 Å². The zero-order chi connectivity index (χ0) is 19.5. The molecule has 0 atom stereocenters. The summed E-state index contributed by atoms with van der Waals surface area (Å²) in [7, 11) is 4.92. The van der Waals surface area contributed by atoms with Gasteiger partial charge in [0.2, 0.25) is 5.91 Å². The van der Waals surface area contributed by atoms with E-state index >= 15 is 0 Å². The smallest absolute Gasteiger partial charge is 0.239 e. The van der Waals surface area contributed by atoms with Crippen molar-refractivity contribution in [2.75, 3.05) is 27.8 Å². The average Bonchev–Trinajstić information content (AvgIpc) is 2.73. The fraction of sp³-hybridized carbons (Fsp3) is 0.300. The number of nitrogens with zero attached hydrogens (tertiary/aromatic N) is 1. The first kappa shape index (κ1) is 20.1. The summed E-state index contributed by atoms with van der Waals surface area (Å²) < 4.78 is 10.4. The molecule has 0 aromatic heterocycles. The Morgan fingerprint density at radius 2 is 1.67 bits per heavy atom. The molecule has 0 bridgehead atoms. The number of aliphatic imine (C=N–C) groups is 1. The van der Waals surface area contributed by atoms with E-state index < -0.39 is 0 Å². The summed E-state index contributed by atoms with van der Waals surface area (Å²) >= 11 is 0. The molecule has 0 aliphatic rings. The second-order valence-corrected chi connectivity index (χ2v) is 5.72. The molecule has 2 aromatic rings. The summed E-state index contributed by atoms with van der Waals surface area (Å²) in [6, 6.07) is 15.3. The molecule has 0 aliphatic heterocycles. The van der Waals surface area contributed by atoms with Gasteiger partial charge in [-0.25, -0.2) is 0 Å². The molecule has 0 unspecified atom stereocenters. The van der Waals surface area contributed by atoms with Gasteiger partial charge in [-0.3, -0.25) is 9.79 Å². The number of methoxy groups -OCH3 is 2. The average molecular weight is 370 g/mol. The highest BCUT2D eigenvalue weighted by Crippen LogP contribution is 2.16. The third kappa shape index (κ3) is 6.54. The van der Waals surface area contributed by atoms with Crippen molar-refractivity contribution in [2.24, 2.45) is 4.99 Å². The Morgan fingerprint density at radius 1 is 0.926 bits per heavy atom. The van der Waals surface area contributed by atoms with E-state index in [2.05, 4.69) is 20.9 Å². The van der Waals surface area contributed by atoms with Crippen LogP contribution in [0.5, 0.6) is 11.5 Å². The molecule has 1 amide bonds. The summed E-state index contributed by atoms with van der Waals surface area (Å²) in [5, 5.41) is 9.03. The monoisotopic (exact) mass is 370 g/mol. The second-order valence-electron chi connectivity index (χ2n) is 5.72. The highest BCUT2D eigenvalue weighted by atomic mass is 16.5. The van der Waals surface area contributed by atoms with Crippen LogP contribution in [-0.2, 0) is 17.9 Å². The van der Waals surface area contributed by atoms with Crippen LogP contribution in [0.25, 0.3) is 0 Å². The van der Waals surface area contributed by atoms with Gasteiger partial charge in [-0.1, -0.05) is 30.3 Å². The van der Waals surface area contributed by atoms with E-state index in [1.165, 1.54) is 0 Å². The molecule has 144 valence electrons. The first-order valence-corrected chi connectivity index (χ1v) is 8.62. The number of nitrogens with one attached hydrogen (secondary N) is 3. The van der Waals surface area contributed by atoms with Crippen LogP contribution in [0.2, 0.25) is 0 Å². The van der Waals surface area contributed by atoms with Crippen molar-refractivity contribution in [1.82, 2.24) is 16.0 Å². The third-order valence-corrected chi connectivity index (χ3v) is 3.93. The van der Waals surface area contributed by atoms with E-state index in [1.807, 2.05) is 48.5 Å². The number of carbonyl (C=O) groups excluding carboxylic acids is 1. The molecule has 3 N–H and O–H groups in total. The third-order valence-electron chi connectivity index (χ3n) is 3.93. The number of hydrogen-bond donors (Lipinski definition) is 3. The van der Waals surface area contributed by atoms with Crippen molar-refractivity contribution in [3.05, 3.63) is 59.7 Å². The fourth-order valence-electron chi connectivity index (χ4n) is 2.42. The maximum Gasteiger partial charge on any atom is 0.239 e. The van der Waals surface area contributed by atoms with Gasteiger partial charge < -0.3 is 25.4 Å². The zero-order valence-electron chi connectivity index (χ0n) is 15.9. The van der Waals surface area contributed by atoms with Gasteiger partial charge >= 0.3 is 0 Å². The predicted octanol–water partition coefficient (Wildman–Crippen LogP) is 1.69. The minimum Gasteiger partial charge on any atom is -0.497 e. The van der Waals surface area contributed by atoms with Crippen molar-refractivity contribution in [3.8, 4) is 11.5 Å². The first-order chi connectivity index (χ1) is 13.2. The molecule has 7 nitrogen and oxygen atoms in total. The Kier molecular flexibility index (Phi) is 7.96. The molecule has 0 fully saturated rings. The lowest BCUT2D eigenvalue weighted by Gasteiger charge is -2.13. The minimum absolute atomic E-state index is 0.119. The van der Waals surface area contributed by atoms with Crippen LogP contribution in [0.4, 0.5) is 0 Å². The number of guanidine groups is 1. The molecule has 0 aliphatic carbocycles. The Morgan fingerprint density at radius 3 is 2.33 bits per heavy atom. The SMILES string of the molecule is CN=C(NCC(=O)NCc1ccc(OC)cc1)NCc1ccccc1OC. The van der Waals surface area contributed by atoms with Crippen molar-refractivity contribution in [2.45, 2.75) is 13.1 Å². The quantitative estimate of drug-likeness (QED) is 0.486. The van der Waals surface area contributed by atoms with Crippen LogP contribution in [0, 0.1) is 0 Å². The topological polar surface area (TPSA) is 84.0 Å². The summed E-state index contributed by atoms with van der Waals surface area (Å²) in [4.78, 5) is 16.2. The van der Waals surface area contributed by atoms with Gasteiger partial charge in [-0.15, -0.1) is 0 Å². The van der Waals surface area contributed by atoms with Crippen LogP contribution < -0.4 is 25.4 Å². The number of para-hydroxylation sites is 1. The summed E-state index contributed by atoms with van der Waals surface area (Å²) in [5.41, 5.74) is 2.01. The molecule has 2 aromatic carbocycles. The fourth-order valence-corrected chi connectivity index (χ4v) is 2.42. The number of hydrogen-bond acceptors (Lipinski definition) is 4. The lowest BCUT2D eigenvalue weighted by Crippen LogP contribution is -2.42. The number of ether oxygens (including phenoxy) is 2. The molecule has 7 heteroatoms. The van der Waals surface area contributed by atoms with Gasteiger partial charge in [-0.05, 0) is 23.8 Å². The number of carbonyl (C=O) groups is 1. The van der Waals surface area contributed by atoms with Gasteiger partial charge in [0.1, 0.15) is 11.5 Å². The Labute approximate surface area is 159 Å². The first-order valence-electron chi connectivity index (χ1n) is 8.62. The highest BCUT2D eigenvalue weighted by molar-refractivity contribution is 5.86. The summed E-state index contributed by atoms with van der Waals surface area (Å²) in [5.74, 6) is 2.01. The van der Waals surface area contributed by atoms with Gasteiger partial charge in [0.15, 0.2) is 5.96 Å². The van der Waals surface area contributed by atoms with Gasteiger partial charge in [0, 0.05) is 25.7 Å². The van der Waals surface area contributed by atoms with Crippen LogP contribution in [0.15, 0.2) is 53.5 Å². The normalized spacial score (nSPS) is 10.9. The molecule has 0 spiro atoms. The van der Waals surface area contributed by atoms with Gasteiger partial charge in [0.25, 0.3) is 0 Å². The van der Waals surface area contributed by atoms with E-state index in [0.717, 1.165) is 22.6 Å². The number of benzene rings is 2. The minimum atomic E-state index is -0.119. The van der Waals surface area contributed by atoms with Crippen LogP contribution >= 0.6 is 0 Å². The standard InChI is InChI=1S/C20H26N4O3/c1-21-20(23-13-16-6-4-5-7-18(16)27-3)24-14-19(25)22-12-15-8-10-17(26-2)11-9-15/h4-11H,12-14H2,1-3H3,(H,22,25)(H2,21,23,24). The number of amides is 1. The Balaban J connectivity index is 1.75. The molecule has 0 heterocycles. The van der Waals surface area contributed by atoms with E-state index in [9.17, 15) is 4.79 Å². The van der Waals surface area contributed by atoms with Crippen molar-refractivity contribution < 1.29 is 14.3 Å². The molecule has 0 radical (unpaired) electrons. The van der Waals surface area contributed by atoms with Crippen molar-refractivity contribution in [3.63, 3.8) is 0 Å². The van der Waals surface area contributed by atoms with E-state index in [1.54, 1.807) is 21.3 Å². The van der Waals surface area contributed by atoms with Crippen LogP contribution in [0.3, 0.4) is 0 Å². The predicted molar refractivity (Wildman–Crippen MR) is 106 cm³/mol. The summed E-state index contributed by atoms with van der Waals surface area (Å²) in [6.45, 7) is 1.12. The Bertz CT molecular complexity index is 760. The molecule has 0 saturated carbocycles. The Hall–Kier alpha value is -3.22. The molecule has 27 heavy (non-hydrogen) atoms.